The van der Waals surface area contributed by atoms with Crippen LogP contribution < -0.4 is 19.9 Å². The predicted octanol–water partition coefficient (Wildman–Crippen LogP) is 1.05. The quantitative estimate of drug-likeness (QED) is 0.772. The third-order valence-corrected chi connectivity index (χ3v) is 3.49. The van der Waals surface area contributed by atoms with Crippen LogP contribution in [0, 0.1) is 0 Å². The minimum atomic E-state index is -3.37. The fraction of sp³-hybridized carbons (Fsp3) is 0.400. The number of hydrogen-bond acceptors (Lipinski definition) is 5. The van der Waals surface area contributed by atoms with E-state index in [1.54, 1.807) is 6.92 Å². The zero-order chi connectivity index (χ0) is 13.1. The minimum Gasteiger partial charge on any atom is -0.493 e. The number of sulfonamides is 1. The number of anilines is 2. The second-order valence-corrected chi connectivity index (χ2v) is 5.31. The topological polar surface area (TPSA) is 90.7 Å². The highest BCUT2D eigenvalue weighted by Gasteiger charge is 2.13. The van der Waals surface area contributed by atoms with Gasteiger partial charge in [0.25, 0.3) is 0 Å². The van der Waals surface area contributed by atoms with E-state index in [1.807, 2.05) is 0 Å². The van der Waals surface area contributed by atoms with Crippen LogP contribution in [0.15, 0.2) is 12.1 Å². The molecule has 0 atom stereocenters. The van der Waals surface area contributed by atoms with Gasteiger partial charge in [0.15, 0.2) is 11.5 Å². The average Bonchev–Trinajstić information content (AvgIpc) is 2.31. The lowest BCUT2D eigenvalue weighted by atomic mass is 10.2. The van der Waals surface area contributed by atoms with E-state index in [0.717, 1.165) is 0 Å². The maximum absolute atomic E-state index is 11.4. The summed E-state index contributed by atoms with van der Waals surface area (Å²) >= 11 is 0. The molecule has 0 saturated heterocycles. The lowest BCUT2D eigenvalue weighted by Crippen LogP contribution is -2.15. The summed E-state index contributed by atoms with van der Waals surface area (Å²) < 4.78 is 35.4. The molecule has 0 unspecified atom stereocenters. The average molecular weight is 260 g/mol. The van der Waals surface area contributed by atoms with Crippen molar-refractivity contribution in [3.05, 3.63) is 12.1 Å². The van der Waals surface area contributed by atoms with E-state index in [2.05, 4.69) is 4.72 Å². The number of nitrogen functional groups attached to an aromatic ring is 1. The first-order chi connectivity index (χ1) is 7.93. The van der Waals surface area contributed by atoms with E-state index < -0.39 is 10.0 Å². The molecule has 96 valence electrons. The van der Waals surface area contributed by atoms with Crippen molar-refractivity contribution in [2.75, 3.05) is 30.4 Å². The highest BCUT2D eigenvalue weighted by atomic mass is 32.2. The molecule has 1 aromatic carbocycles. The Bertz CT molecular complexity index is 499. The summed E-state index contributed by atoms with van der Waals surface area (Å²) in [5, 5.41) is 0. The monoisotopic (exact) mass is 260 g/mol. The molecule has 0 aromatic heterocycles. The van der Waals surface area contributed by atoms with Crippen LogP contribution in [0.1, 0.15) is 6.92 Å². The first-order valence-electron chi connectivity index (χ1n) is 4.95. The molecule has 0 bridgehead atoms. The van der Waals surface area contributed by atoms with Gasteiger partial charge in [-0.2, -0.15) is 0 Å². The molecule has 6 nitrogen and oxygen atoms in total. The van der Waals surface area contributed by atoms with Gasteiger partial charge in [0, 0.05) is 12.1 Å². The van der Waals surface area contributed by atoms with Gasteiger partial charge in [0.2, 0.25) is 10.0 Å². The van der Waals surface area contributed by atoms with Gasteiger partial charge >= 0.3 is 0 Å². The first-order valence-corrected chi connectivity index (χ1v) is 6.60. The Morgan fingerprint density at radius 2 is 1.76 bits per heavy atom. The molecule has 0 amide bonds. The molecule has 0 heterocycles. The molecule has 0 spiro atoms. The third kappa shape index (κ3) is 3.16. The van der Waals surface area contributed by atoms with Gasteiger partial charge in [-0.3, -0.25) is 4.72 Å². The molecule has 0 saturated carbocycles. The van der Waals surface area contributed by atoms with Gasteiger partial charge < -0.3 is 15.2 Å². The van der Waals surface area contributed by atoms with Crippen molar-refractivity contribution < 1.29 is 17.9 Å². The van der Waals surface area contributed by atoms with E-state index in [-0.39, 0.29) is 17.1 Å². The van der Waals surface area contributed by atoms with Crippen molar-refractivity contribution in [1.82, 2.24) is 0 Å². The molecule has 0 aliphatic rings. The van der Waals surface area contributed by atoms with Crippen molar-refractivity contribution in [2.24, 2.45) is 0 Å². The summed E-state index contributed by atoms with van der Waals surface area (Å²) in [7, 11) is -0.422. The Hall–Kier alpha value is -1.63. The van der Waals surface area contributed by atoms with E-state index in [0.29, 0.717) is 11.5 Å². The van der Waals surface area contributed by atoms with Crippen LogP contribution in [-0.2, 0) is 10.0 Å². The van der Waals surface area contributed by atoms with Crippen LogP contribution in [-0.4, -0.2) is 28.4 Å². The van der Waals surface area contributed by atoms with Crippen molar-refractivity contribution in [3.8, 4) is 11.5 Å². The van der Waals surface area contributed by atoms with Gasteiger partial charge in [-0.05, 0) is 6.92 Å². The summed E-state index contributed by atoms with van der Waals surface area (Å²) in [6.07, 6.45) is 0. The standard InChI is InChI=1S/C10H16N2O4S/c1-4-17(13,14)12-8-6-10(16-3)9(15-2)5-7(8)11/h5-6,12H,4,11H2,1-3H3. The molecule has 0 aliphatic heterocycles. The smallest absolute Gasteiger partial charge is 0.232 e. The van der Waals surface area contributed by atoms with E-state index in [1.165, 1.54) is 26.4 Å². The summed E-state index contributed by atoms with van der Waals surface area (Å²) in [4.78, 5) is 0. The number of hydrogen-bond donors (Lipinski definition) is 2. The second kappa shape index (κ2) is 5.13. The maximum atomic E-state index is 11.4. The molecule has 0 aliphatic carbocycles. The molecule has 1 rings (SSSR count). The zero-order valence-corrected chi connectivity index (χ0v) is 10.8. The Morgan fingerprint density at radius 3 is 2.24 bits per heavy atom. The lowest BCUT2D eigenvalue weighted by molar-refractivity contribution is 0.355. The summed E-state index contributed by atoms with van der Waals surface area (Å²) in [6.45, 7) is 1.54. The zero-order valence-electron chi connectivity index (χ0n) is 9.98. The Labute approximate surface area is 101 Å². The number of ether oxygens (including phenoxy) is 2. The highest BCUT2D eigenvalue weighted by molar-refractivity contribution is 7.92. The van der Waals surface area contributed by atoms with Crippen LogP contribution >= 0.6 is 0 Å². The fourth-order valence-corrected chi connectivity index (χ4v) is 1.88. The number of rotatable bonds is 5. The van der Waals surface area contributed by atoms with Crippen molar-refractivity contribution in [2.45, 2.75) is 6.92 Å². The van der Waals surface area contributed by atoms with E-state index in [4.69, 9.17) is 15.2 Å². The first kappa shape index (κ1) is 13.4. The molecular weight excluding hydrogens is 244 g/mol. The van der Waals surface area contributed by atoms with Gasteiger partial charge in [0.05, 0.1) is 31.3 Å². The van der Waals surface area contributed by atoms with Crippen molar-refractivity contribution in [1.29, 1.82) is 0 Å². The highest BCUT2D eigenvalue weighted by Crippen LogP contribution is 2.35. The third-order valence-electron chi connectivity index (χ3n) is 2.20. The van der Waals surface area contributed by atoms with Crippen molar-refractivity contribution >= 4 is 21.4 Å². The van der Waals surface area contributed by atoms with Gasteiger partial charge in [0.1, 0.15) is 0 Å². The SMILES string of the molecule is CCS(=O)(=O)Nc1cc(OC)c(OC)cc1N. The van der Waals surface area contributed by atoms with E-state index >= 15 is 0 Å². The van der Waals surface area contributed by atoms with Gasteiger partial charge in [-0.25, -0.2) is 8.42 Å². The lowest BCUT2D eigenvalue weighted by Gasteiger charge is -2.13. The number of methoxy groups -OCH3 is 2. The maximum Gasteiger partial charge on any atom is 0.232 e. The van der Waals surface area contributed by atoms with Crippen LogP contribution in [0.4, 0.5) is 11.4 Å². The summed E-state index contributed by atoms with van der Waals surface area (Å²) in [5.41, 5.74) is 6.28. The molecule has 1 aromatic rings. The normalized spacial score (nSPS) is 11.0. The van der Waals surface area contributed by atoms with Crippen LogP contribution in [0.25, 0.3) is 0 Å². The summed E-state index contributed by atoms with van der Waals surface area (Å²) in [5.74, 6) is 0.834. The molecular formula is C10H16N2O4S. The van der Waals surface area contributed by atoms with Gasteiger partial charge in [-0.15, -0.1) is 0 Å². The van der Waals surface area contributed by atoms with Crippen molar-refractivity contribution in [3.63, 3.8) is 0 Å². The molecule has 7 heteroatoms. The minimum absolute atomic E-state index is 0.0270. The predicted molar refractivity (Wildman–Crippen MR) is 67.0 cm³/mol. The molecule has 0 fully saturated rings. The molecule has 0 radical (unpaired) electrons. The fourth-order valence-electron chi connectivity index (χ4n) is 1.22. The molecule has 3 N–H and O–H groups in total. The Balaban J connectivity index is 3.18. The number of nitrogens with two attached hydrogens (primary N) is 1. The van der Waals surface area contributed by atoms with Crippen LogP contribution in [0.3, 0.4) is 0 Å². The van der Waals surface area contributed by atoms with E-state index in [9.17, 15) is 8.42 Å². The number of benzene rings is 1. The molecule has 17 heavy (non-hydrogen) atoms. The van der Waals surface area contributed by atoms with Crippen LogP contribution in [0.2, 0.25) is 0 Å². The number of nitrogens with one attached hydrogen (secondary N) is 1. The Morgan fingerprint density at radius 1 is 1.24 bits per heavy atom. The second-order valence-electron chi connectivity index (χ2n) is 3.30. The Kier molecular flexibility index (Phi) is 4.06. The largest absolute Gasteiger partial charge is 0.493 e. The van der Waals surface area contributed by atoms with Gasteiger partial charge in [-0.1, -0.05) is 0 Å². The summed E-state index contributed by atoms with van der Waals surface area (Å²) in [6, 6.07) is 2.99. The van der Waals surface area contributed by atoms with Crippen LogP contribution in [0.5, 0.6) is 11.5 Å².